The van der Waals surface area contributed by atoms with E-state index in [1.807, 2.05) is 0 Å². The van der Waals surface area contributed by atoms with Crippen molar-refractivity contribution in [2.24, 2.45) is 0 Å². The second kappa shape index (κ2) is 5.64. The Labute approximate surface area is 97.0 Å². The Bertz CT molecular complexity index is 239. The van der Waals surface area contributed by atoms with Crippen LogP contribution in [-0.4, -0.2) is 41.3 Å². The summed E-state index contributed by atoms with van der Waals surface area (Å²) in [5.74, 6) is 0.120. The lowest BCUT2D eigenvalue weighted by atomic mass is 10.0. The van der Waals surface area contributed by atoms with Crippen LogP contribution in [0, 0.1) is 0 Å². The summed E-state index contributed by atoms with van der Waals surface area (Å²) in [7, 11) is 0. The molecule has 0 bridgehead atoms. The summed E-state index contributed by atoms with van der Waals surface area (Å²) < 4.78 is 0. The van der Waals surface area contributed by atoms with E-state index in [0.29, 0.717) is 19.0 Å². The summed E-state index contributed by atoms with van der Waals surface area (Å²) in [5, 5.41) is 13.2. The number of carbonyl (C=O) groups is 1. The molecular weight excluding hydrogens is 204 g/mol. The Morgan fingerprint density at radius 1 is 1.31 bits per heavy atom. The van der Waals surface area contributed by atoms with Crippen LogP contribution in [0.4, 0.5) is 0 Å². The summed E-state index contributed by atoms with van der Waals surface area (Å²) in [4.78, 5) is 13.3. The molecule has 4 heteroatoms. The molecule has 0 aliphatic carbocycles. The fraction of sp³-hybridized carbons (Fsp3) is 0.917. The average molecular weight is 226 g/mol. The number of piperidine rings is 2. The van der Waals surface area contributed by atoms with Crippen molar-refractivity contribution >= 4 is 5.91 Å². The number of amides is 1. The van der Waals surface area contributed by atoms with Crippen LogP contribution < -0.4 is 5.32 Å². The molecule has 2 aliphatic heterocycles. The molecule has 2 unspecified atom stereocenters. The smallest absolute Gasteiger partial charge is 0.224 e. The molecule has 0 spiro atoms. The number of aliphatic hydroxyl groups is 1. The van der Waals surface area contributed by atoms with E-state index in [1.165, 1.54) is 19.3 Å². The van der Waals surface area contributed by atoms with Gasteiger partial charge in [0.2, 0.25) is 5.91 Å². The molecule has 2 saturated heterocycles. The molecule has 0 aromatic carbocycles. The van der Waals surface area contributed by atoms with Gasteiger partial charge in [-0.15, -0.1) is 0 Å². The predicted molar refractivity (Wildman–Crippen MR) is 61.8 cm³/mol. The average Bonchev–Trinajstić information content (AvgIpc) is 2.30. The minimum Gasteiger partial charge on any atom is -0.374 e. The first-order chi connectivity index (χ1) is 7.77. The number of nitrogens with zero attached hydrogens (tertiary/aromatic N) is 1. The third kappa shape index (κ3) is 2.95. The first-order valence-corrected chi connectivity index (χ1v) is 6.48. The maximum Gasteiger partial charge on any atom is 0.224 e. The molecule has 2 heterocycles. The monoisotopic (exact) mass is 226 g/mol. The SMILES string of the molecule is O=C1CCCC(O)N1CCC1CCCCN1. The molecule has 2 aliphatic rings. The highest BCUT2D eigenvalue weighted by molar-refractivity contribution is 5.77. The van der Waals surface area contributed by atoms with Gasteiger partial charge in [0.1, 0.15) is 6.23 Å². The largest absolute Gasteiger partial charge is 0.374 e. The molecule has 16 heavy (non-hydrogen) atoms. The van der Waals surface area contributed by atoms with Crippen molar-refractivity contribution in [3.63, 3.8) is 0 Å². The lowest BCUT2D eigenvalue weighted by molar-refractivity contribution is -0.146. The Kier molecular flexibility index (Phi) is 4.18. The van der Waals surface area contributed by atoms with Crippen molar-refractivity contribution in [1.29, 1.82) is 0 Å². The van der Waals surface area contributed by atoms with Crippen molar-refractivity contribution < 1.29 is 9.90 Å². The Morgan fingerprint density at radius 3 is 2.88 bits per heavy atom. The van der Waals surface area contributed by atoms with E-state index >= 15 is 0 Å². The summed E-state index contributed by atoms with van der Waals surface area (Å²) in [6, 6.07) is 0.538. The topological polar surface area (TPSA) is 52.6 Å². The van der Waals surface area contributed by atoms with Crippen LogP contribution in [0.5, 0.6) is 0 Å². The van der Waals surface area contributed by atoms with E-state index in [9.17, 15) is 9.90 Å². The highest BCUT2D eigenvalue weighted by Gasteiger charge is 2.26. The van der Waals surface area contributed by atoms with Crippen LogP contribution in [0.2, 0.25) is 0 Å². The van der Waals surface area contributed by atoms with E-state index in [2.05, 4.69) is 5.32 Å². The van der Waals surface area contributed by atoms with Gasteiger partial charge in [0, 0.05) is 19.0 Å². The fourth-order valence-electron chi connectivity index (χ4n) is 2.64. The van der Waals surface area contributed by atoms with Crippen molar-refractivity contribution in [1.82, 2.24) is 10.2 Å². The number of aliphatic hydroxyl groups excluding tert-OH is 1. The maximum atomic E-state index is 11.6. The van der Waals surface area contributed by atoms with E-state index in [0.717, 1.165) is 25.8 Å². The van der Waals surface area contributed by atoms with Crippen LogP contribution in [0.3, 0.4) is 0 Å². The molecule has 0 radical (unpaired) electrons. The van der Waals surface area contributed by atoms with Crippen LogP contribution in [-0.2, 0) is 4.79 Å². The lowest BCUT2D eigenvalue weighted by Gasteiger charge is -2.34. The predicted octanol–water partition coefficient (Wildman–Crippen LogP) is 0.849. The van der Waals surface area contributed by atoms with Gasteiger partial charge in [0.25, 0.3) is 0 Å². The van der Waals surface area contributed by atoms with Crippen molar-refractivity contribution in [3.05, 3.63) is 0 Å². The molecule has 2 N–H and O–H groups in total. The fourth-order valence-corrected chi connectivity index (χ4v) is 2.64. The van der Waals surface area contributed by atoms with Crippen molar-refractivity contribution in [3.8, 4) is 0 Å². The van der Waals surface area contributed by atoms with E-state index < -0.39 is 6.23 Å². The van der Waals surface area contributed by atoms with E-state index in [1.54, 1.807) is 4.90 Å². The standard InChI is InChI=1S/C12H22N2O2/c15-11-5-3-6-12(16)14(11)9-7-10-4-1-2-8-13-10/h10-11,13,15H,1-9H2. The van der Waals surface area contributed by atoms with Crippen molar-refractivity contribution in [2.45, 2.75) is 57.2 Å². The normalized spacial score (nSPS) is 31.8. The second-order valence-corrected chi connectivity index (χ2v) is 4.90. The third-order valence-electron chi connectivity index (χ3n) is 3.66. The minimum atomic E-state index is -0.537. The first kappa shape index (κ1) is 11.9. The molecule has 0 aromatic heterocycles. The summed E-state index contributed by atoms with van der Waals surface area (Å²) in [5.41, 5.74) is 0. The second-order valence-electron chi connectivity index (χ2n) is 4.90. The Hall–Kier alpha value is -0.610. The summed E-state index contributed by atoms with van der Waals surface area (Å²) in [6.45, 7) is 1.80. The molecule has 2 rings (SSSR count). The molecule has 4 nitrogen and oxygen atoms in total. The number of hydrogen-bond donors (Lipinski definition) is 2. The van der Waals surface area contributed by atoms with Crippen LogP contribution in [0.15, 0.2) is 0 Å². The van der Waals surface area contributed by atoms with Gasteiger partial charge in [-0.3, -0.25) is 4.79 Å². The van der Waals surface area contributed by atoms with Gasteiger partial charge in [-0.05, 0) is 38.6 Å². The van der Waals surface area contributed by atoms with Gasteiger partial charge in [0.05, 0.1) is 0 Å². The third-order valence-corrected chi connectivity index (χ3v) is 3.66. The van der Waals surface area contributed by atoms with E-state index in [4.69, 9.17) is 0 Å². The van der Waals surface area contributed by atoms with Crippen molar-refractivity contribution in [2.75, 3.05) is 13.1 Å². The van der Waals surface area contributed by atoms with Gasteiger partial charge in [-0.25, -0.2) is 0 Å². The molecule has 2 atom stereocenters. The zero-order valence-electron chi connectivity index (χ0n) is 9.82. The zero-order valence-corrected chi connectivity index (χ0v) is 9.82. The molecular formula is C12H22N2O2. The highest BCUT2D eigenvalue weighted by atomic mass is 16.3. The number of nitrogens with one attached hydrogen (secondary N) is 1. The van der Waals surface area contributed by atoms with Gasteiger partial charge in [-0.2, -0.15) is 0 Å². The molecule has 0 aromatic rings. The van der Waals surface area contributed by atoms with Crippen LogP contribution >= 0.6 is 0 Å². The molecule has 1 amide bonds. The van der Waals surface area contributed by atoms with Gasteiger partial charge < -0.3 is 15.3 Å². The summed E-state index contributed by atoms with van der Waals surface area (Å²) in [6.07, 6.45) is 6.37. The molecule has 0 saturated carbocycles. The minimum absolute atomic E-state index is 0.120. The van der Waals surface area contributed by atoms with Gasteiger partial charge in [0.15, 0.2) is 0 Å². The highest BCUT2D eigenvalue weighted by Crippen LogP contribution is 2.18. The maximum absolute atomic E-state index is 11.6. The molecule has 92 valence electrons. The Balaban J connectivity index is 1.76. The number of carbonyl (C=O) groups excluding carboxylic acids is 1. The van der Waals surface area contributed by atoms with Gasteiger partial charge in [-0.1, -0.05) is 6.42 Å². The number of hydrogen-bond acceptors (Lipinski definition) is 3. The quantitative estimate of drug-likeness (QED) is 0.750. The van der Waals surface area contributed by atoms with Gasteiger partial charge >= 0.3 is 0 Å². The van der Waals surface area contributed by atoms with E-state index in [-0.39, 0.29) is 5.91 Å². The lowest BCUT2D eigenvalue weighted by Crippen LogP contribution is -2.46. The first-order valence-electron chi connectivity index (χ1n) is 6.48. The number of likely N-dealkylation sites (tertiary alicyclic amines) is 1. The zero-order chi connectivity index (χ0) is 11.4. The van der Waals surface area contributed by atoms with Crippen LogP contribution in [0.1, 0.15) is 44.9 Å². The molecule has 2 fully saturated rings. The van der Waals surface area contributed by atoms with Crippen LogP contribution in [0.25, 0.3) is 0 Å². The Morgan fingerprint density at radius 2 is 2.19 bits per heavy atom. The number of rotatable bonds is 3. The summed E-state index contributed by atoms with van der Waals surface area (Å²) >= 11 is 0.